The summed E-state index contributed by atoms with van der Waals surface area (Å²) in [5.41, 5.74) is 0. The van der Waals surface area contributed by atoms with E-state index in [0.717, 1.165) is 0 Å². The van der Waals surface area contributed by atoms with Crippen molar-refractivity contribution in [3.8, 4) is 0 Å². The fourth-order valence-electron chi connectivity index (χ4n) is 2.26. The third kappa shape index (κ3) is 2.88. The van der Waals surface area contributed by atoms with Crippen LogP contribution >= 0.6 is 10.0 Å². The van der Waals surface area contributed by atoms with Crippen molar-refractivity contribution >= 4 is 10.0 Å². The zero-order valence-corrected chi connectivity index (χ0v) is 13.2. The number of benzene rings is 2. The van der Waals surface area contributed by atoms with Crippen molar-refractivity contribution in [1.29, 1.82) is 0 Å². The van der Waals surface area contributed by atoms with Crippen LogP contribution in [0.25, 0.3) is 0 Å². The highest BCUT2D eigenvalue weighted by atomic mass is 32.3. The molecule has 0 radical (unpaired) electrons. The van der Waals surface area contributed by atoms with Gasteiger partial charge in [-0.3, -0.25) is 0 Å². The van der Waals surface area contributed by atoms with Crippen LogP contribution in [0.1, 0.15) is 13.8 Å². The standard InChI is InChI=1S/C19H22S/c1-4-5-12-17(2)20(3,18-13-8-6-9-14-18)19-15-10-7-11-16-19/h4-16H,1-3H3. The molecule has 0 aliphatic heterocycles. The monoisotopic (exact) mass is 282 g/mol. The molecule has 0 N–H and O–H groups in total. The Bertz CT molecular complexity index is 555. The summed E-state index contributed by atoms with van der Waals surface area (Å²) >= 11 is 0. The lowest BCUT2D eigenvalue weighted by Crippen LogP contribution is -2.01. The van der Waals surface area contributed by atoms with E-state index in [-0.39, 0.29) is 0 Å². The fourth-order valence-corrected chi connectivity index (χ4v) is 5.03. The zero-order chi connectivity index (χ0) is 14.4. The molecule has 2 aromatic rings. The molecule has 20 heavy (non-hydrogen) atoms. The molecule has 0 atom stereocenters. The van der Waals surface area contributed by atoms with E-state index < -0.39 is 10.0 Å². The fraction of sp³-hybridized carbons (Fsp3) is 0.158. The molecule has 0 saturated heterocycles. The Balaban J connectivity index is 2.61. The molecular weight excluding hydrogens is 260 g/mol. The summed E-state index contributed by atoms with van der Waals surface area (Å²) in [4.78, 5) is 4.24. The quantitative estimate of drug-likeness (QED) is 0.602. The highest BCUT2D eigenvalue weighted by Gasteiger charge is 2.24. The first-order valence-corrected chi connectivity index (χ1v) is 8.92. The molecule has 0 heterocycles. The van der Waals surface area contributed by atoms with Gasteiger partial charge in [-0.15, -0.1) is 0 Å². The van der Waals surface area contributed by atoms with Crippen LogP contribution in [0, 0.1) is 0 Å². The minimum Gasteiger partial charge on any atom is -0.167 e. The Morgan fingerprint density at radius 3 is 1.70 bits per heavy atom. The second kappa shape index (κ2) is 6.62. The van der Waals surface area contributed by atoms with Crippen molar-refractivity contribution in [1.82, 2.24) is 0 Å². The first kappa shape index (κ1) is 14.7. The predicted octanol–water partition coefficient (Wildman–Crippen LogP) is 6.02. The summed E-state index contributed by atoms with van der Waals surface area (Å²) in [6.07, 6.45) is 8.84. The topological polar surface area (TPSA) is 0 Å². The molecule has 2 aromatic carbocycles. The maximum absolute atomic E-state index is 2.38. The van der Waals surface area contributed by atoms with Gasteiger partial charge in [0.1, 0.15) is 0 Å². The summed E-state index contributed by atoms with van der Waals surface area (Å²) in [5.74, 6) is 0. The van der Waals surface area contributed by atoms with Crippen molar-refractivity contribution in [2.75, 3.05) is 6.26 Å². The van der Waals surface area contributed by atoms with Crippen molar-refractivity contribution in [3.63, 3.8) is 0 Å². The van der Waals surface area contributed by atoms with E-state index in [1.54, 1.807) is 0 Å². The Labute approximate surface area is 124 Å². The average molecular weight is 282 g/mol. The maximum Gasteiger partial charge on any atom is -0.00240 e. The van der Waals surface area contributed by atoms with E-state index in [4.69, 9.17) is 0 Å². The smallest absolute Gasteiger partial charge is 0.00240 e. The minimum absolute atomic E-state index is 1.14. The van der Waals surface area contributed by atoms with Crippen molar-refractivity contribution in [2.24, 2.45) is 0 Å². The van der Waals surface area contributed by atoms with E-state index >= 15 is 0 Å². The molecule has 0 aliphatic carbocycles. The lowest BCUT2D eigenvalue weighted by molar-refractivity contribution is 1.35. The third-order valence-electron chi connectivity index (χ3n) is 3.60. The van der Waals surface area contributed by atoms with E-state index in [1.807, 2.05) is 0 Å². The van der Waals surface area contributed by atoms with E-state index in [0.29, 0.717) is 0 Å². The molecule has 1 heteroatoms. The largest absolute Gasteiger partial charge is 0.167 e. The molecule has 2 rings (SSSR count). The molecule has 104 valence electrons. The first-order chi connectivity index (χ1) is 9.69. The number of allylic oxidation sites excluding steroid dienone is 4. The maximum atomic E-state index is 2.38. The lowest BCUT2D eigenvalue weighted by atomic mass is 10.4. The van der Waals surface area contributed by atoms with Crippen molar-refractivity contribution in [3.05, 3.63) is 83.8 Å². The third-order valence-corrected chi connectivity index (χ3v) is 7.45. The molecule has 0 fully saturated rings. The van der Waals surface area contributed by atoms with Gasteiger partial charge in [-0.05, 0) is 59.1 Å². The normalized spacial score (nSPS) is 13.7. The second-order valence-electron chi connectivity index (χ2n) is 4.85. The Morgan fingerprint density at radius 1 is 0.850 bits per heavy atom. The minimum atomic E-state index is -1.14. The molecule has 0 aliphatic rings. The first-order valence-electron chi connectivity index (χ1n) is 6.87. The number of hydrogen-bond donors (Lipinski definition) is 0. The lowest BCUT2D eigenvalue weighted by Gasteiger charge is -2.38. The van der Waals surface area contributed by atoms with Crippen LogP contribution in [0.3, 0.4) is 0 Å². The van der Waals surface area contributed by atoms with Gasteiger partial charge in [0, 0.05) is 0 Å². The molecule has 0 bridgehead atoms. The predicted molar refractivity (Wildman–Crippen MR) is 91.5 cm³/mol. The van der Waals surface area contributed by atoms with Crippen LogP contribution in [-0.4, -0.2) is 6.26 Å². The van der Waals surface area contributed by atoms with Crippen LogP contribution in [0.4, 0.5) is 0 Å². The van der Waals surface area contributed by atoms with Gasteiger partial charge in [0.25, 0.3) is 0 Å². The van der Waals surface area contributed by atoms with E-state index in [2.05, 4.69) is 99.0 Å². The Kier molecular flexibility index (Phi) is 4.86. The van der Waals surface area contributed by atoms with E-state index in [9.17, 15) is 0 Å². The van der Waals surface area contributed by atoms with Crippen LogP contribution in [0.2, 0.25) is 0 Å². The van der Waals surface area contributed by atoms with Gasteiger partial charge in [-0.1, -0.05) is 54.6 Å². The van der Waals surface area contributed by atoms with Gasteiger partial charge in [0.2, 0.25) is 0 Å². The Morgan fingerprint density at radius 2 is 1.30 bits per heavy atom. The highest BCUT2D eigenvalue weighted by Crippen LogP contribution is 2.65. The van der Waals surface area contributed by atoms with Crippen molar-refractivity contribution < 1.29 is 0 Å². The molecule has 0 aromatic heterocycles. The second-order valence-corrected chi connectivity index (χ2v) is 8.27. The molecule has 0 amide bonds. The van der Waals surface area contributed by atoms with Gasteiger partial charge in [-0.25, -0.2) is 0 Å². The molecule has 0 saturated carbocycles. The Hall–Kier alpha value is -1.73. The van der Waals surface area contributed by atoms with Gasteiger partial charge >= 0.3 is 0 Å². The van der Waals surface area contributed by atoms with E-state index in [1.165, 1.54) is 14.7 Å². The molecular formula is C19H22S. The average Bonchev–Trinajstić information content (AvgIpc) is 2.53. The SMILES string of the molecule is CC=CC=C(C)S(C)(c1ccccc1)c1ccccc1. The zero-order valence-electron chi connectivity index (χ0n) is 12.4. The summed E-state index contributed by atoms with van der Waals surface area (Å²) < 4.78 is 0. The van der Waals surface area contributed by atoms with Crippen molar-refractivity contribution in [2.45, 2.75) is 23.6 Å². The summed E-state index contributed by atoms with van der Waals surface area (Å²) in [7, 11) is -1.14. The molecule has 0 nitrogen and oxygen atoms in total. The van der Waals surface area contributed by atoms with Gasteiger partial charge < -0.3 is 0 Å². The summed E-state index contributed by atoms with van der Waals surface area (Å²) in [5, 5.41) is 0. The summed E-state index contributed by atoms with van der Waals surface area (Å²) in [6, 6.07) is 21.7. The molecule has 0 unspecified atom stereocenters. The molecule has 0 spiro atoms. The van der Waals surface area contributed by atoms with Crippen LogP contribution in [-0.2, 0) is 0 Å². The number of hydrogen-bond acceptors (Lipinski definition) is 0. The van der Waals surface area contributed by atoms with Gasteiger partial charge in [0.05, 0.1) is 0 Å². The van der Waals surface area contributed by atoms with Crippen LogP contribution in [0.15, 0.2) is 93.6 Å². The van der Waals surface area contributed by atoms with Crippen LogP contribution < -0.4 is 0 Å². The van der Waals surface area contributed by atoms with Gasteiger partial charge in [0.15, 0.2) is 0 Å². The number of rotatable bonds is 4. The highest BCUT2D eigenvalue weighted by molar-refractivity contribution is 8.36. The van der Waals surface area contributed by atoms with Gasteiger partial charge in [-0.2, -0.15) is 10.0 Å². The summed E-state index contributed by atoms with van der Waals surface area (Å²) in [6.45, 7) is 4.30. The van der Waals surface area contributed by atoms with Crippen LogP contribution in [0.5, 0.6) is 0 Å².